The van der Waals surface area contributed by atoms with Crippen LogP contribution < -0.4 is 4.90 Å². The van der Waals surface area contributed by atoms with E-state index in [0.29, 0.717) is 5.92 Å². The highest BCUT2D eigenvalue weighted by Gasteiger charge is 2.24. The Morgan fingerprint density at radius 3 is 1.56 bits per heavy atom. The fourth-order valence-corrected chi connectivity index (χ4v) is 10.3. The maximum atomic E-state index is 2.51. The zero-order valence-corrected chi connectivity index (χ0v) is 35.5. The molecule has 63 heavy (non-hydrogen) atoms. The molecule has 0 radical (unpaired) electrons. The van der Waals surface area contributed by atoms with Crippen molar-refractivity contribution < 1.29 is 0 Å². The number of nitrogens with zero attached hydrogens (tertiary/aromatic N) is 1. The van der Waals surface area contributed by atoms with Gasteiger partial charge in [-0.25, -0.2) is 0 Å². The Morgan fingerprint density at radius 2 is 0.841 bits per heavy atom. The van der Waals surface area contributed by atoms with Gasteiger partial charge >= 0.3 is 0 Å². The molecule has 0 spiro atoms. The van der Waals surface area contributed by atoms with E-state index in [2.05, 4.69) is 235 Å². The Bertz CT molecular complexity index is 3180. The molecule has 1 heteroatoms. The molecule has 1 aliphatic rings. The Balaban J connectivity index is 1.10. The molecule has 11 rings (SSSR count). The highest BCUT2D eigenvalue weighted by Crippen LogP contribution is 2.48. The molecule has 302 valence electrons. The van der Waals surface area contributed by atoms with Crippen LogP contribution in [-0.4, -0.2) is 0 Å². The smallest absolute Gasteiger partial charge is 0.0540 e. The van der Waals surface area contributed by atoms with E-state index in [0.717, 1.165) is 17.1 Å². The molecule has 0 amide bonds. The van der Waals surface area contributed by atoms with Crippen LogP contribution in [0.4, 0.5) is 17.1 Å². The lowest BCUT2D eigenvalue weighted by Crippen LogP contribution is -2.12. The van der Waals surface area contributed by atoms with Crippen LogP contribution in [0.1, 0.15) is 43.6 Å². The second-order valence-corrected chi connectivity index (χ2v) is 17.0. The van der Waals surface area contributed by atoms with Crippen molar-refractivity contribution in [3.63, 3.8) is 0 Å². The lowest BCUT2D eigenvalue weighted by molar-refractivity contribution is 0.445. The van der Waals surface area contributed by atoms with Crippen LogP contribution in [0.3, 0.4) is 0 Å². The van der Waals surface area contributed by atoms with E-state index in [1.165, 1.54) is 115 Å². The van der Waals surface area contributed by atoms with E-state index in [4.69, 9.17) is 0 Å². The van der Waals surface area contributed by atoms with Gasteiger partial charge in [0.15, 0.2) is 0 Å². The van der Waals surface area contributed by atoms with E-state index >= 15 is 0 Å². The third-order valence-electron chi connectivity index (χ3n) is 13.3. The zero-order valence-electron chi connectivity index (χ0n) is 35.5. The van der Waals surface area contributed by atoms with Crippen molar-refractivity contribution >= 4 is 38.6 Å². The fraction of sp³-hybridized carbons (Fsp3) is 0.0968. The molecule has 0 heterocycles. The predicted octanol–water partition coefficient (Wildman–Crippen LogP) is 17.8. The van der Waals surface area contributed by atoms with Crippen LogP contribution in [0.15, 0.2) is 231 Å². The van der Waals surface area contributed by atoms with Gasteiger partial charge in [-0.05, 0) is 121 Å². The Morgan fingerprint density at radius 1 is 0.317 bits per heavy atom. The lowest BCUT2D eigenvalue weighted by atomic mass is 9.80. The number of para-hydroxylation sites is 2. The summed E-state index contributed by atoms with van der Waals surface area (Å²) in [5.74, 6) is 0.579. The zero-order chi connectivity index (χ0) is 42.0. The van der Waals surface area contributed by atoms with E-state index in [1.54, 1.807) is 0 Å². The van der Waals surface area contributed by atoms with Crippen LogP contribution >= 0.6 is 0 Å². The minimum absolute atomic E-state index is 0.579. The third-order valence-corrected chi connectivity index (χ3v) is 13.3. The summed E-state index contributed by atoms with van der Waals surface area (Å²) in [6.45, 7) is 0. The Kier molecular flexibility index (Phi) is 10.4. The maximum absolute atomic E-state index is 2.51. The summed E-state index contributed by atoms with van der Waals surface area (Å²) in [6.07, 6.45) is 6.47. The first-order valence-electron chi connectivity index (χ1n) is 22.6. The third kappa shape index (κ3) is 7.40. The molecule has 0 unspecified atom stereocenters. The van der Waals surface area contributed by atoms with Crippen molar-refractivity contribution in [1.82, 2.24) is 0 Å². The summed E-state index contributed by atoms with van der Waals surface area (Å²) >= 11 is 0. The van der Waals surface area contributed by atoms with Gasteiger partial charge in [-0.15, -0.1) is 0 Å². The summed E-state index contributed by atoms with van der Waals surface area (Å²) in [5.41, 5.74) is 17.1. The molecular formula is C62H49N. The summed E-state index contributed by atoms with van der Waals surface area (Å²) in [7, 11) is 0. The minimum atomic E-state index is 0.579. The van der Waals surface area contributed by atoms with Crippen LogP contribution in [-0.2, 0) is 0 Å². The molecule has 0 saturated heterocycles. The topological polar surface area (TPSA) is 3.24 Å². The van der Waals surface area contributed by atoms with Crippen molar-refractivity contribution in [2.24, 2.45) is 0 Å². The second kappa shape index (κ2) is 17.1. The molecule has 0 bridgehead atoms. The number of fused-ring (bicyclic) bond motifs is 2. The monoisotopic (exact) mass is 807 g/mol. The standard InChI is InChI=1S/C62H49N/c1-4-19-45(20-5-1)53-42-39-50(43-59(53)48-23-8-3-9-24-48)44-37-40-51(41-38-44)63(60-35-14-12-30-56(60)55-33-16-26-46-25-10-11-29-52(46)55)61-36-15-13-31-57(61)58-34-18-28-49-27-17-32-54(62(49)58)47-21-6-2-7-22-47/h1,3-5,8-20,23-43,47H,2,6-7,21-22H2. The summed E-state index contributed by atoms with van der Waals surface area (Å²) in [5, 5.41) is 5.19. The second-order valence-electron chi connectivity index (χ2n) is 17.0. The molecule has 0 aromatic heterocycles. The molecular weight excluding hydrogens is 759 g/mol. The summed E-state index contributed by atoms with van der Waals surface area (Å²) in [4.78, 5) is 2.51. The first-order valence-corrected chi connectivity index (χ1v) is 22.6. The molecule has 10 aromatic carbocycles. The first kappa shape index (κ1) is 38.4. The molecule has 1 fully saturated rings. The number of rotatable bonds is 9. The number of hydrogen-bond donors (Lipinski definition) is 0. The largest absolute Gasteiger partial charge is 0.309 e. The van der Waals surface area contributed by atoms with Gasteiger partial charge in [-0.2, -0.15) is 0 Å². The molecule has 1 nitrogen and oxygen atoms in total. The summed E-state index contributed by atoms with van der Waals surface area (Å²) < 4.78 is 0. The molecule has 0 N–H and O–H groups in total. The number of anilines is 3. The average molecular weight is 808 g/mol. The van der Waals surface area contributed by atoms with E-state index in [-0.39, 0.29) is 0 Å². The Labute approximate surface area is 371 Å². The maximum Gasteiger partial charge on any atom is 0.0540 e. The van der Waals surface area contributed by atoms with E-state index in [1.807, 2.05) is 0 Å². The number of hydrogen-bond acceptors (Lipinski definition) is 1. The van der Waals surface area contributed by atoms with Gasteiger partial charge in [-0.3, -0.25) is 0 Å². The van der Waals surface area contributed by atoms with Crippen LogP contribution in [0, 0.1) is 0 Å². The van der Waals surface area contributed by atoms with E-state index < -0.39 is 0 Å². The van der Waals surface area contributed by atoms with Gasteiger partial charge in [0, 0.05) is 16.8 Å². The van der Waals surface area contributed by atoms with Crippen molar-refractivity contribution in [2.75, 3.05) is 4.90 Å². The average Bonchev–Trinajstić information content (AvgIpc) is 3.37. The molecule has 1 aliphatic carbocycles. The number of benzene rings is 10. The minimum Gasteiger partial charge on any atom is -0.309 e. The lowest BCUT2D eigenvalue weighted by Gasteiger charge is -2.31. The van der Waals surface area contributed by atoms with Crippen LogP contribution in [0.5, 0.6) is 0 Å². The molecule has 0 atom stereocenters. The highest BCUT2D eigenvalue weighted by atomic mass is 15.1. The quantitative estimate of drug-likeness (QED) is 0.140. The summed E-state index contributed by atoms with van der Waals surface area (Å²) in [6, 6.07) is 85.0. The van der Waals surface area contributed by atoms with Gasteiger partial charge < -0.3 is 4.90 Å². The van der Waals surface area contributed by atoms with Crippen molar-refractivity contribution in [3.8, 4) is 55.6 Å². The van der Waals surface area contributed by atoms with Crippen LogP contribution in [0.2, 0.25) is 0 Å². The first-order chi connectivity index (χ1) is 31.3. The highest BCUT2D eigenvalue weighted by molar-refractivity contribution is 6.06. The Hall–Kier alpha value is -7.48. The normalized spacial score (nSPS) is 13.0. The van der Waals surface area contributed by atoms with Gasteiger partial charge in [-0.1, -0.05) is 219 Å². The van der Waals surface area contributed by atoms with Gasteiger partial charge in [0.25, 0.3) is 0 Å². The molecule has 0 aliphatic heterocycles. The fourth-order valence-electron chi connectivity index (χ4n) is 10.3. The van der Waals surface area contributed by atoms with Gasteiger partial charge in [0.05, 0.1) is 11.4 Å². The SMILES string of the molecule is c1ccc(-c2ccc(-c3ccc(N(c4ccccc4-c4cccc5ccccc45)c4ccccc4-c4cccc5cccc(C6CCCCC6)c45)cc3)cc2-c2ccccc2)cc1. The van der Waals surface area contributed by atoms with Gasteiger partial charge in [0.2, 0.25) is 0 Å². The molecule has 1 saturated carbocycles. The van der Waals surface area contributed by atoms with Crippen LogP contribution in [0.25, 0.3) is 77.2 Å². The van der Waals surface area contributed by atoms with Gasteiger partial charge in [0.1, 0.15) is 0 Å². The van der Waals surface area contributed by atoms with Crippen molar-refractivity contribution in [1.29, 1.82) is 0 Å². The van der Waals surface area contributed by atoms with Crippen molar-refractivity contribution in [3.05, 3.63) is 236 Å². The van der Waals surface area contributed by atoms with Crippen molar-refractivity contribution in [2.45, 2.75) is 38.0 Å². The molecule has 10 aromatic rings. The predicted molar refractivity (Wildman–Crippen MR) is 269 cm³/mol. The van der Waals surface area contributed by atoms with E-state index in [9.17, 15) is 0 Å².